The number of benzene rings is 2. The molecule has 1 aliphatic heterocycles. The number of ether oxygens (including phenoxy) is 1. The highest BCUT2D eigenvalue weighted by molar-refractivity contribution is 5.81. The van der Waals surface area contributed by atoms with E-state index >= 15 is 0 Å². The first-order chi connectivity index (χ1) is 12.6. The van der Waals surface area contributed by atoms with Crippen LogP contribution in [0.2, 0.25) is 0 Å². The average Bonchev–Trinajstić information content (AvgIpc) is 2.68. The second-order valence-electron chi connectivity index (χ2n) is 6.64. The van der Waals surface area contributed by atoms with Gasteiger partial charge in [0.2, 0.25) is 5.91 Å². The highest BCUT2D eigenvalue weighted by Crippen LogP contribution is 2.22. The third-order valence-electron chi connectivity index (χ3n) is 4.74. The smallest absolute Gasteiger partial charge is 0.260 e. The lowest BCUT2D eigenvalue weighted by Crippen LogP contribution is -2.45. The molecule has 0 saturated carbocycles. The van der Waals surface area contributed by atoms with E-state index in [1.165, 1.54) is 5.56 Å². The zero-order valence-corrected chi connectivity index (χ0v) is 14.8. The molecule has 1 aliphatic rings. The van der Waals surface area contributed by atoms with Gasteiger partial charge >= 0.3 is 0 Å². The summed E-state index contributed by atoms with van der Waals surface area (Å²) in [5, 5.41) is 0. The predicted molar refractivity (Wildman–Crippen MR) is 99.7 cm³/mol. The quantitative estimate of drug-likeness (QED) is 0.867. The molecule has 0 aliphatic carbocycles. The van der Waals surface area contributed by atoms with Crippen LogP contribution in [-0.2, 0) is 16.0 Å². The molecule has 5 nitrogen and oxygen atoms in total. The summed E-state index contributed by atoms with van der Waals surface area (Å²) in [7, 11) is 0. The topological polar surface area (TPSA) is 72.6 Å². The number of piperidine rings is 1. The lowest BCUT2D eigenvalue weighted by molar-refractivity contribution is -0.136. The molecule has 2 amide bonds. The predicted octanol–water partition coefficient (Wildman–Crippen LogP) is 2.38. The first-order valence-electron chi connectivity index (χ1n) is 8.95. The van der Waals surface area contributed by atoms with E-state index in [1.807, 2.05) is 42.5 Å². The molecule has 3 rings (SSSR count). The molecular weight excluding hydrogens is 328 g/mol. The Hall–Kier alpha value is -2.82. The molecule has 2 N–H and O–H groups in total. The van der Waals surface area contributed by atoms with E-state index in [-0.39, 0.29) is 24.3 Å². The maximum Gasteiger partial charge on any atom is 0.260 e. The molecular formula is C21H24N2O3. The highest BCUT2D eigenvalue weighted by atomic mass is 16.5. The van der Waals surface area contributed by atoms with Crippen LogP contribution in [-0.4, -0.2) is 36.4 Å². The van der Waals surface area contributed by atoms with Crippen LogP contribution >= 0.6 is 0 Å². The Balaban J connectivity index is 1.61. The Labute approximate surface area is 153 Å². The molecule has 1 heterocycles. The number of hydrogen-bond acceptors (Lipinski definition) is 3. The maximum atomic E-state index is 12.5. The fourth-order valence-corrected chi connectivity index (χ4v) is 3.27. The summed E-state index contributed by atoms with van der Waals surface area (Å²) in [4.78, 5) is 25.5. The van der Waals surface area contributed by atoms with Gasteiger partial charge in [-0.1, -0.05) is 48.5 Å². The maximum absolute atomic E-state index is 12.5. The molecule has 0 aromatic heterocycles. The molecule has 2 aromatic carbocycles. The van der Waals surface area contributed by atoms with Gasteiger partial charge in [-0.05, 0) is 30.0 Å². The van der Waals surface area contributed by atoms with Crippen molar-refractivity contribution in [2.24, 2.45) is 11.7 Å². The van der Waals surface area contributed by atoms with Crippen molar-refractivity contribution in [3.05, 3.63) is 65.7 Å². The third kappa shape index (κ3) is 4.63. The minimum absolute atomic E-state index is 0.0305. The van der Waals surface area contributed by atoms with E-state index < -0.39 is 0 Å². The summed E-state index contributed by atoms with van der Waals surface area (Å²) < 4.78 is 5.81. The zero-order valence-electron chi connectivity index (χ0n) is 14.8. The molecule has 5 heteroatoms. The van der Waals surface area contributed by atoms with Crippen molar-refractivity contribution in [2.75, 3.05) is 19.7 Å². The highest BCUT2D eigenvalue weighted by Gasteiger charge is 2.27. The zero-order chi connectivity index (χ0) is 18.4. The van der Waals surface area contributed by atoms with Gasteiger partial charge in [0, 0.05) is 19.5 Å². The van der Waals surface area contributed by atoms with E-state index in [9.17, 15) is 9.59 Å². The van der Waals surface area contributed by atoms with Crippen LogP contribution in [0.4, 0.5) is 0 Å². The number of hydrogen-bond donors (Lipinski definition) is 1. The summed E-state index contributed by atoms with van der Waals surface area (Å²) in [5.74, 6) is 0.0216. The Kier molecular flexibility index (Phi) is 5.89. The number of carbonyl (C=O) groups excluding carboxylic acids is 2. The lowest BCUT2D eigenvalue weighted by atomic mass is 9.97. The minimum Gasteiger partial charge on any atom is -0.483 e. The molecule has 1 saturated heterocycles. The molecule has 0 radical (unpaired) electrons. The van der Waals surface area contributed by atoms with Gasteiger partial charge in [0.1, 0.15) is 5.75 Å². The number of rotatable bonds is 6. The van der Waals surface area contributed by atoms with Crippen LogP contribution in [0, 0.1) is 5.92 Å². The van der Waals surface area contributed by atoms with Crippen molar-refractivity contribution < 1.29 is 14.3 Å². The van der Waals surface area contributed by atoms with Crippen LogP contribution in [0.25, 0.3) is 0 Å². The summed E-state index contributed by atoms with van der Waals surface area (Å²) in [6.07, 6.45) is 2.29. The van der Waals surface area contributed by atoms with Gasteiger partial charge in [-0.2, -0.15) is 0 Å². The lowest BCUT2D eigenvalue weighted by Gasteiger charge is -2.31. The van der Waals surface area contributed by atoms with Crippen LogP contribution in [0.3, 0.4) is 0 Å². The minimum atomic E-state index is -0.336. The van der Waals surface area contributed by atoms with Gasteiger partial charge in [-0.15, -0.1) is 0 Å². The number of para-hydroxylation sites is 1. The fourth-order valence-electron chi connectivity index (χ4n) is 3.27. The van der Waals surface area contributed by atoms with Crippen molar-refractivity contribution >= 4 is 11.8 Å². The molecule has 1 atom stereocenters. The van der Waals surface area contributed by atoms with Crippen molar-refractivity contribution in [3.8, 4) is 5.75 Å². The van der Waals surface area contributed by atoms with Crippen LogP contribution < -0.4 is 10.5 Å². The SMILES string of the molecule is NC(=O)C1CCCN(C(=O)COc2ccccc2Cc2ccccc2)C1. The van der Waals surface area contributed by atoms with Gasteiger partial charge in [0.15, 0.2) is 6.61 Å². The van der Waals surface area contributed by atoms with Crippen molar-refractivity contribution in [3.63, 3.8) is 0 Å². The second-order valence-corrected chi connectivity index (χ2v) is 6.64. The number of carbonyl (C=O) groups is 2. The normalized spacial score (nSPS) is 16.9. The number of nitrogens with zero attached hydrogens (tertiary/aromatic N) is 1. The number of nitrogens with two attached hydrogens (primary N) is 1. The summed E-state index contributed by atoms with van der Waals surface area (Å²) in [5.41, 5.74) is 7.61. The van der Waals surface area contributed by atoms with E-state index in [0.717, 1.165) is 24.8 Å². The molecule has 26 heavy (non-hydrogen) atoms. The van der Waals surface area contributed by atoms with Crippen molar-refractivity contribution in [1.29, 1.82) is 0 Å². The molecule has 136 valence electrons. The van der Waals surface area contributed by atoms with Gasteiger partial charge in [-0.25, -0.2) is 0 Å². The third-order valence-corrected chi connectivity index (χ3v) is 4.74. The van der Waals surface area contributed by atoms with Crippen molar-refractivity contribution in [2.45, 2.75) is 19.3 Å². The second kappa shape index (κ2) is 8.52. The number of likely N-dealkylation sites (tertiary alicyclic amines) is 1. The van der Waals surface area contributed by atoms with Crippen LogP contribution in [0.5, 0.6) is 5.75 Å². The Morgan fingerprint density at radius 1 is 1.08 bits per heavy atom. The Bertz CT molecular complexity index is 761. The van der Waals surface area contributed by atoms with Gasteiger partial charge in [0.05, 0.1) is 5.92 Å². The van der Waals surface area contributed by atoms with Crippen LogP contribution in [0.1, 0.15) is 24.0 Å². The van der Waals surface area contributed by atoms with Gasteiger partial charge in [-0.3, -0.25) is 9.59 Å². The number of primary amides is 1. The summed E-state index contributed by atoms with van der Waals surface area (Å²) >= 11 is 0. The molecule has 1 unspecified atom stereocenters. The van der Waals surface area contributed by atoms with E-state index in [2.05, 4.69) is 12.1 Å². The molecule has 1 fully saturated rings. The van der Waals surface area contributed by atoms with E-state index in [0.29, 0.717) is 18.8 Å². The van der Waals surface area contributed by atoms with Gasteiger partial charge < -0.3 is 15.4 Å². The molecule has 0 spiro atoms. The molecule has 2 aromatic rings. The average molecular weight is 352 g/mol. The Morgan fingerprint density at radius 2 is 1.81 bits per heavy atom. The van der Waals surface area contributed by atoms with Crippen LogP contribution in [0.15, 0.2) is 54.6 Å². The summed E-state index contributed by atoms with van der Waals surface area (Å²) in [6, 6.07) is 17.9. The Morgan fingerprint density at radius 3 is 2.58 bits per heavy atom. The van der Waals surface area contributed by atoms with Gasteiger partial charge in [0.25, 0.3) is 5.91 Å². The first-order valence-corrected chi connectivity index (χ1v) is 8.95. The fraction of sp³-hybridized carbons (Fsp3) is 0.333. The molecule has 0 bridgehead atoms. The summed E-state index contributed by atoms with van der Waals surface area (Å²) in [6.45, 7) is 1.01. The first kappa shape index (κ1) is 18.0. The van der Waals surface area contributed by atoms with E-state index in [1.54, 1.807) is 4.90 Å². The standard InChI is InChI=1S/C21H24N2O3/c22-21(25)18-10-6-12-23(14-18)20(24)15-26-19-11-5-4-9-17(19)13-16-7-2-1-3-8-16/h1-5,7-9,11,18H,6,10,12-15H2,(H2,22,25). The van der Waals surface area contributed by atoms with Crippen molar-refractivity contribution in [1.82, 2.24) is 4.90 Å². The number of amides is 2. The van der Waals surface area contributed by atoms with E-state index in [4.69, 9.17) is 10.5 Å². The monoisotopic (exact) mass is 352 g/mol. The largest absolute Gasteiger partial charge is 0.483 e.